The third kappa shape index (κ3) is 1.83. The average Bonchev–Trinajstić information content (AvgIpc) is 2.32. The third-order valence-corrected chi connectivity index (χ3v) is 3.21. The highest BCUT2D eigenvalue weighted by molar-refractivity contribution is 4.95. The Bertz CT molecular complexity index is 174. The van der Waals surface area contributed by atoms with Gasteiger partial charge in [0.1, 0.15) is 0 Å². The highest BCUT2D eigenvalue weighted by Gasteiger charge is 2.40. The predicted molar refractivity (Wildman–Crippen MR) is 44.8 cm³/mol. The molecule has 2 heterocycles. The molecule has 3 atom stereocenters. The molecule has 0 aromatic rings. The topological polar surface area (TPSA) is 23.5 Å². The highest BCUT2D eigenvalue weighted by Crippen LogP contribution is 2.35. The number of halogens is 2. The van der Waals surface area contributed by atoms with Gasteiger partial charge >= 0.3 is 0 Å². The molecule has 0 amide bonds. The molecule has 0 aliphatic carbocycles. The number of hydrogen-bond acceptors (Lipinski definition) is 2. The minimum atomic E-state index is -2.24. The lowest BCUT2D eigenvalue weighted by atomic mass is 10.0. The van der Waals surface area contributed by atoms with Gasteiger partial charge in [0.2, 0.25) is 0 Å². The van der Waals surface area contributed by atoms with Crippen LogP contribution in [0, 0.1) is 0 Å². The summed E-state index contributed by atoms with van der Waals surface area (Å²) in [4.78, 5) is 1.89. The van der Waals surface area contributed by atoms with Crippen molar-refractivity contribution in [1.29, 1.82) is 0 Å². The van der Waals surface area contributed by atoms with Gasteiger partial charge in [-0.3, -0.25) is 4.90 Å². The third-order valence-electron chi connectivity index (χ3n) is 3.21. The van der Waals surface area contributed by atoms with Crippen LogP contribution in [0.3, 0.4) is 0 Å². The Kier molecular flexibility index (Phi) is 2.51. The molecule has 2 nitrogen and oxygen atoms in total. The molecule has 13 heavy (non-hydrogen) atoms. The zero-order valence-corrected chi connectivity index (χ0v) is 7.50. The number of rotatable bonds is 2. The van der Waals surface area contributed by atoms with E-state index in [2.05, 4.69) is 0 Å². The molecule has 1 N–H and O–H groups in total. The van der Waals surface area contributed by atoms with Crippen LogP contribution in [0.1, 0.15) is 25.7 Å². The van der Waals surface area contributed by atoms with Crippen LogP contribution in [-0.4, -0.2) is 41.2 Å². The Hall–Kier alpha value is -0.220. The van der Waals surface area contributed by atoms with E-state index in [-0.39, 0.29) is 24.7 Å². The summed E-state index contributed by atoms with van der Waals surface area (Å²) in [6.45, 7) is -0.109. The van der Waals surface area contributed by atoms with E-state index in [0.717, 1.165) is 12.8 Å². The smallest absolute Gasteiger partial charge is 0.251 e. The molecule has 4 heteroatoms. The van der Waals surface area contributed by atoms with Crippen molar-refractivity contribution in [1.82, 2.24) is 4.90 Å². The fourth-order valence-corrected chi connectivity index (χ4v) is 2.70. The number of hydrogen-bond donors (Lipinski definition) is 1. The average molecular weight is 191 g/mol. The molecule has 2 aliphatic heterocycles. The Labute approximate surface area is 76.5 Å². The van der Waals surface area contributed by atoms with Crippen molar-refractivity contribution in [2.75, 3.05) is 6.54 Å². The number of alkyl halides is 2. The largest absolute Gasteiger partial charge is 0.393 e. The monoisotopic (exact) mass is 191 g/mol. The number of fused-ring (bicyclic) bond motifs is 2. The maximum absolute atomic E-state index is 12.2. The van der Waals surface area contributed by atoms with Crippen molar-refractivity contribution in [2.45, 2.75) is 50.3 Å². The van der Waals surface area contributed by atoms with Gasteiger partial charge in [-0.05, 0) is 25.7 Å². The standard InChI is InChI=1S/C9H15F2NO/c10-9(11)5-12-6-1-2-7(12)4-8(13)3-6/h6-9,13H,1-5H2/t6-,7+,8+. The SMILES string of the molecule is O[C@H]1C[C@H]2CC[C@@H](C1)N2CC(F)F. The highest BCUT2D eigenvalue weighted by atomic mass is 19.3. The molecule has 0 radical (unpaired) electrons. The second kappa shape index (κ2) is 3.50. The Balaban J connectivity index is 1.98. The lowest BCUT2D eigenvalue weighted by Crippen LogP contribution is -2.46. The van der Waals surface area contributed by atoms with Gasteiger partial charge in [0.25, 0.3) is 6.43 Å². The van der Waals surface area contributed by atoms with Crippen LogP contribution in [0.25, 0.3) is 0 Å². The number of nitrogens with zero attached hydrogens (tertiary/aromatic N) is 1. The van der Waals surface area contributed by atoms with E-state index < -0.39 is 6.43 Å². The maximum Gasteiger partial charge on any atom is 0.251 e. The molecule has 0 unspecified atom stereocenters. The molecule has 2 bridgehead atoms. The van der Waals surface area contributed by atoms with Gasteiger partial charge in [0, 0.05) is 12.1 Å². The summed E-state index contributed by atoms with van der Waals surface area (Å²) in [6, 6.07) is 0.422. The number of piperidine rings is 1. The van der Waals surface area contributed by atoms with Gasteiger partial charge in [0.15, 0.2) is 0 Å². The summed E-state index contributed by atoms with van der Waals surface area (Å²) >= 11 is 0. The fourth-order valence-electron chi connectivity index (χ4n) is 2.70. The first-order valence-corrected chi connectivity index (χ1v) is 4.88. The van der Waals surface area contributed by atoms with Crippen molar-refractivity contribution < 1.29 is 13.9 Å². The van der Waals surface area contributed by atoms with Crippen LogP contribution in [-0.2, 0) is 0 Å². The first-order valence-electron chi connectivity index (χ1n) is 4.88. The summed E-state index contributed by atoms with van der Waals surface area (Å²) in [6.07, 6.45) is 0.833. The van der Waals surface area contributed by atoms with Crippen LogP contribution in [0.5, 0.6) is 0 Å². The van der Waals surface area contributed by atoms with Crippen LogP contribution >= 0.6 is 0 Å². The zero-order valence-electron chi connectivity index (χ0n) is 7.50. The van der Waals surface area contributed by atoms with Gasteiger partial charge in [-0.25, -0.2) is 8.78 Å². The molecule has 2 saturated heterocycles. The summed E-state index contributed by atoms with van der Waals surface area (Å²) in [5.74, 6) is 0. The van der Waals surface area contributed by atoms with Gasteiger partial charge < -0.3 is 5.11 Å². The first-order chi connectivity index (χ1) is 6.16. The van der Waals surface area contributed by atoms with Crippen LogP contribution in [0.2, 0.25) is 0 Å². The molecule has 2 fully saturated rings. The fraction of sp³-hybridized carbons (Fsp3) is 1.00. The molecule has 76 valence electrons. The molecular weight excluding hydrogens is 176 g/mol. The van der Waals surface area contributed by atoms with E-state index in [1.54, 1.807) is 0 Å². The molecule has 2 rings (SSSR count). The first kappa shape index (κ1) is 9.34. The van der Waals surface area contributed by atoms with Gasteiger partial charge in [-0.1, -0.05) is 0 Å². The van der Waals surface area contributed by atoms with Crippen molar-refractivity contribution in [3.05, 3.63) is 0 Å². The second-order valence-electron chi connectivity index (χ2n) is 4.10. The van der Waals surface area contributed by atoms with E-state index in [1.807, 2.05) is 4.90 Å². The molecular formula is C9H15F2NO. The lowest BCUT2D eigenvalue weighted by Gasteiger charge is -2.36. The van der Waals surface area contributed by atoms with E-state index in [9.17, 15) is 13.9 Å². The zero-order chi connectivity index (χ0) is 9.42. The normalized spacial score (nSPS) is 40.2. The van der Waals surface area contributed by atoms with Gasteiger partial charge in [-0.2, -0.15) is 0 Å². The van der Waals surface area contributed by atoms with Gasteiger partial charge in [-0.15, -0.1) is 0 Å². The summed E-state index contributed by atoms with van der Waals surface area (Å²) in [5, 5.41) is 9.43. The molecule has 0 spiro atoms. The van der Waals surface area contributed by atoms with Crippen LogP contribution in [0.15, 0.2) is 0 Å². The minimum absolute atomic E-state index is 0.109. The second-order valence-corrected chi connectivity index (χ2v) is 4.10. The number of aliphatic hydroxyl groups excluding tert-OH is 1. The maximum atomic E-state index is 12.2. The Morgan fingerprint density at radius 1 is 1.23 bits per heavy atom. The molecule has 2 aliphatic rings. The Morgan fingerprint density at radius 3 is 2.23 bits per heavy atom. The number of aliphatic hydroxyl groups is 1. The van der Waals surface area contributed by atoms with Crippen molar-refractivity contribution in [3.8, 4) is 0 Å². The molecule has 0 aromatic heterocycles. The quantitative estimate of drug-likeness (QED) is 0.709. The Morgan fingerprint density at radius 2 is 1.77 bits per heavy atom. The molecule has 0 aromatic carbocycles. The van der Waals surface area contributed by atoms with Crippen LogP contribution < -0.4 is 0 Å². The van der Waals surface area contributed by atoms with E-state index in [1.165, 1.54) is 0 Å². The van der Waals surface area contributed by atoms with E-state index >= 15 is 0 Å². The summed E-state index contributed by atoms with van der Waals surface area (Å²) < 4.78 is 24.4. The van der Waals surface area contributed by atoms with E-state index in [0.29, 0.717) is 12.8 Å². The lowest BCUT2D eigenvalue weighted by molar-refractivity contribution is -0.000463. The summed E-state index contributed by atoms with van der Waals surface area (Å²) in [5.41, 5.74) is 0. The van der Waals surface area contributed by atoms with Crippen molar-refractivity contribution in [2.24, 2.45) is 0 Å². The van der Waals surface area contributed by atoms with Gasteiger partial charge in [0.05, 0.1) is 12.6 Å². The van der Waals surface area contributed by atoms with Crippen LogP contribution in [0.4, 0.5) is 8.78 Å². The minimum Gasteiger partial charge on any atom is -0.393 e. The predicted octanol–water partition coefficient (Wildman–Crippen LogP) is 1.24. The van der Waals surface area contributed by atoms with E-state index in [4.69, 9.17) is 0 Å². The van der Waals surface area contributed by atoms with Crippen molar-refractivity contribution >= 4 is 0 Å². The molecule has 0 saturated carbocycles. The summed E-state index contributed by atoms with van der Waals surface area (Å²) in [7, 11) is 0. The van der Waals surface area contributed by atoms with Crippen molar-refractivity contribution in [3.63, 3.8) is 0 Å².